The molecule has 2 aromatic rings. The molecule has 0 fully saturated rings. The third-order valence-corrected chi connectivity index (χ3v) is 1.92. The Kier molecular flexibility index (Phi) is 2.81. The molecule has 0 aliphatic rings. The van der Waals surface area contributed by atoms with E-state index in [0.29, 0.717) is 5.69 Å². The van der Waals surface area contributed by atoms with Gasteiger partial charge in [-0.25, -0.2) is 0 Å². The maximum atomic E-state index is 11.4. The van der Waals surface area contributed by atoms with Crippen LogP contribution in [0, 0.1) is 0 Å². The van der Waals surface area contributed by atoms with Crippen LogP contribution in [0.25, 0.3) is 6.08 Å². The van der Waals surface area contributed by atoms with Crippen molar-refractivity contribution < 1.29 is 4.79 Å². The lowest BCUT2D eigenvalue weighted by Gasteiger charge is -1.94. The first-order valence-corrected chi connectivity index (χ1v) is 4.70. The first kappa shape index (κ1) is 10.2. The number of carbonyl (C=O) groups excluding carboxylic acids is 1. The zero-order valence-electron chi connectivity index (χ0n) is 8.71. The van der Waals surface area contributed by atoms with Crippen LogP contribution in [0.4, 0.5) is 5.69 Å². The lowest BCUT2D eigenvalue weighted by molar-refractivity contribution is -0.111. The lowest BCUT2D eigenvalue weighted by atomic mass is 10.3. The number of amides is 1. The fourth-order valence-corrected chi connectivity index (χ4v) is 1.20. The maximum absolute atomic E-state index is 11.4. The molecular formula is C10H11N5O. The molecule has 0 radical (unpaired) electrons. The van der Waals surface area contributed by atoms with E-state index in [0.717, 1.165) is 5.56 Å². The molecule has 6 heteroatoms. The second-order valence-corrected chi connectivity index (χ2v) is 3.26. The number of aromatic nitrogens is 4. The third kappa shape index (κ3) is 2.57. The van der Waals surface area contributed by atoms with E-state index in [4.69, 9.17) is 0 Å². The number of nitrogens with zero attached hydrogens (tertiary/aromatic N) is 3. The first-order chi connectivity index (χ1) is 7.74. The van der Waals surface area contributed by atoms with E-state index in [1.54, 1.807) is 23.2 Å². The number of anilines is 1. The molecular weight excluding hydrogens is 206 g/mol. The molecule has 0 atom stereocenters. The van der Waals surface area contributed by atoms with Gasteiger partial charge in [-0.2, -0.15) is 10.2 Å². The van der Waals surface area contributed by atoms with E-state index >= 15 is 0 Å². The monoisotopic (exact) mass is 217 g/mol. The van der Waals surface area contributed by atoms with Crippen LogP contribution in [0.1, 0.15) is 5.56 Å². The van der Waals surface area contributed by atoms with E-state index in [9.17, 15) is 4.79 Å². The van der Waals surface area contributed by atoms with Gasteiger partial charge in [0.2, 0.25) is 5.91 Å². The van der Waals surface area contributed by atoms with Gasteiger partial charge in [0.1, 0.15) is 0 Å². The van der Waals surface area contributed by atoms with Crippen molar-refractivity contribution in [3.63, 3.8) is 0 Å². The van der Waals surface area contributed by atoms with E-state index in [2.05, 4.69) is 20.6 Å². The van der Waals surface area contributed by atoms with Crippen LogP contribution < -0.4 is 5.32 Å². The second kappa shape index (κ2) is 4.43. The van der Waals surface area contributed by atoms with Crippen LogP contribution in [-0.4, -0.2) is 25.9 Å². The van der Waals surface area contributed by atoms with Gasteiger partial charge in [0.25, 0.3) is 0 Å². The highest BCUT2D eigenvalue weighted by atomic mass is 16.1. The van der Waals surface area contributed by atoms with Gasteiger partial charge < -0.3 is 5.32 Å². The minimum Gasteiger partial charge on any atom is -0.320 e. The average Bonchev–Trinajstić information content (AvgIpc) is 2.87. The van der Waals surface area contributed by atoms with Crippen LogP contribution >= 0.6 is 0 Å². The molecule has 2 rings (SSSR count). The summed E-state index contributed by atoms with van der Waals surface area (Å²) in [5.41, 5.74) is 1.52. The van der Waals surface area contributed by atoms with E-state index in [-0.39, 0.29) is 5.91 Å². The summed E-state index contributed by atoms with van der Waals surface area (Å²) in [6.07, 6.45) is 9.79. The molecule has 2 aromatic heterocycles. The van der Waals surface area contributed by atoms with Gasteiger partial charge in [-0.15, -0.1) is 0 Å². The zero-order chi connectivity index (χ0) is 11.4. The molecule has 0 spiro atoms. The van der Waals surface area contributed by atoms with Crippen LogP contribution in [0.2, 0.25) is 0 Å². The fourth-order valence-electron chi connectivity index (χ4n) is 1.20. The van der Waals surface area contributed by atoms with Crippen LogP contribution in [0.3, 0.4) is 0 Å². The Morgan fingerprint density at radius 3 is 3.06 bits per heavy atom. The normalized spacial score (nSPS) is 10.8. The summed E-state index contributed by atoms with van der Waals surface area (Å²) in [6.45, 7) is 0. The number of rotatable bonds is 3. The van der Waals surface area contributed by atoms with Crippen molar-refractivity contribution in [1.29, 1.82) is 0 Å². The number of carbonyl (C=O) groups is 1. The summed E-state index contributed by atoms with van der Waals surface area (Å²) < 4.78 is 1.67. The van der Waals surface area contributed by atoms with Crippen molar-refractivity contribution in [2.45, 2.75) is 0 Å². The van der Waals surface area contributed by atoms with Crippen molar-refractivity contribution in [3.8, 4) is 0 Å². The Bertz CT molecular complexity index is 497. The molecule has 0 aromatic carbocycles. The summed E-state index contributed by atoms with van der Waals surface area (Å²) in [4.78, 5) is 11.4. The molecule has 2 N–H and O–H groups in total. The molecule has 2 heterocycles. The molecule has 16 heavy (non-hydrogen) atoms. The van der Waals surface area contributed by atoms with Crippen LogP contribution in [0.15, 0.2) is 30.9 Å². The number of hydrogen-bond donors (Lipinski definition) is 2. The molecule has 0 aliphatic heterocycles. The number of H-pyrrole nitrogens is 1. The molecule has 6 nitrogen and oxygen atoms in total. The summed E-state index contributed by atoms with van der Waals surface area (Å²) in [5.74, 6) is -0.203. The minimum absolute atomic E-state index is 0.203. The number of nitrogens with one attached hydrogen (secondary N) is 2. The zero-order valence-corrected chi connectivity index (χ0v) is 8.71. The first-order valence-electron chi connectivity index (χ1n) is 4.70. The Morgan fingerprint density at radius 1 is 1.56 bits per heavy atom. The smallest absolute Gasteiger partial charge is 0.248 e. The number of aromatic amines is 1. The molecule has 0 aliphatic carbocycles. The summed E-state index contributed by atoms with van der Waals surface area (Å²) in [6, 6.07) is 0. The Balaban J connectivity index is 1.94. The predicted octanol–water partition coefficient (Wildman–Crippen LogP) is 0.795. The average molecular weight is 217 g/mol. The Morgan fingerprint density at radius 2 is 2.44 bits per heavy atom. The van der Waals surface area contributed by atoms with Gasteiger partial charge in [0.15, 0.2) is 0 Å². The van der Waals surface area contributed by atoms with Crippen molar-refractivity contribution >= 4 is 17.7 Å². The lowest BCUT2D eigenvalue weighted by Crippen LogP contribution is -2.06. The highest BCUT2D eigenvalue weighted by molar-refractivity contribution is 6.01. The minimum atomic E-state index is -0.203. The molecule has 82 valence electrons. The van der Waals surface area contributed by atoms with Gasteiger partial charge in [0.05, 0.1) is 18.1 Å². The maximum Gasteiger partial charge on any atom is 0.248 e. The number of hydrogen-bond acceptors (Lipinski definition) is 3. The van der Waals surface area contributed by atoms with Crippen molar-refractivity contribution in [2.24, 2.45) is 7.05 Å². The quantitative estimate of drug-likeness (QED) is 0.746. The van der Waals surface area contributed by atoms with E-state index in [1.165, 1.54) is 12.3 Å². The van der Waals surface area contributed by atoms with Gasteiger partial charge >= 0.3 is 0 Å². The standard InChI is InChI=1S/C10H11N5O/c1-15-7-8(4-13-15)2-3-10(16)14-9-5-11-12-6-9/h2-7H,1H3,(H,11,12)(H,14,16)/b3-2+. The summed E-state index contributed by atoms with van der Waals surface area (Å²) in [7, 11) is 1.82. The van der Waals surface area contributed by atoms with Crippen LogP contribution in [-0.2, 0) is 11.8 Å². The molecule has 0 unspecified atom stereocenters. The second-order valence-electron chi connectivity index (χ2n) is 3.26. The van der Waals surface area contributed by atoms with Gasteiger partial charge in [0, 0.05) is 31.1 Å². The molecule has 0 saturated heterocycles. The van der Waals surface area contributed by atoms with E-state index in [1.807, 2.05) is 13.2 Å². The van der Waals surface area contributed by atoms with E-state index < -0.39 is 0 Å². The van der Waals surface area contributed by atoms with Gasteiger partial charge in [-0.05, 0) is 6.08 Å². The molecule has 0 saturated carbocycles. The molecule has 1 amide bonds. The SMILES string of the molecule is Cn1cc(/C=C/C(=O)Nc2cn[nH]c2)cn1. The third-order valence-electron chi connectivity index (χ3n) is 1.92. The molecule has 0 bridgehead atoms. The van der Waals surface area contributed by atoms with Gasteiger partial charge in [-0.3, -0.25) is 14.6 Å². The van der Waals surface area contributed by atoms with Crippen molar-refractivity contribution in [3.05, 3.63) is 36.4 Å². The predicted molar refractivity (Wildman–Crippen MR) is 59.5 cm³/mol. The van der Waals surface area contributed by atoms with Crippen LogP contribution in [0.5, 0.6) is 0 Å². The Labute approximate surface area is 92.0 Å². The van der Waals surface area contributed by atoms with Crippen molar-refractivity contribution in [1.82, 2.24) is 20.0 Å². The Hall–Kier alpha value is -2.37. The highest BCUT2D eigenvalue weighted by Crippen LogP contribution is 2.03. The van der Waals surface area contributed by atoms with Crippen molar-refractivity contribution in [2.75, 3.05) is 5.32 Å². The van der Waals surface area contributed by atoms with Gasteiger partial charge in [-0.1, -0.05) is 0 Å². The fraction of sp³-hybridized carbons (Fsp3) is 0.100. The summed E-state index contributed by atoms with van der Waals surface area (Å²) >= 11 is 0. The summed E-state index contributed by atoms with van der Waals surface area (Å²) in [5, 5.41) is 13.0. The largest absolute Gasteiger partial charge is 0.320 e. The topological polar surface area (TPSA) is 75.6 Å². The highest BCUT2D eigenvalue weighted by Gasteiger charge is 1.98. The number of aryl methyl sites for hydroxylation is 1.